The summed E-state index contributed by atoms with van der Waals surface area (Å²) in [5.74, 6) is 2.46. The van der Waals surface area contributed by atoms with Gasteiger partial charge in [-0.15, -0.1) is 0 Å². The third-order valence-corrected chi connectivity index (χ3v) is 3.37. The average molecular weight is 234 g/mol. The Morgan fingerprint density at radius 1 is 1.47 bits per heavy atom. The summed E-state index contributed by atoms with van der Waals surface area (Å²) in [5, 5.41) is 3.46. The second kappa shape index (κ2) is 5.30. The zero-order valence-corrected chi connectivity index (χ0v) is 10.7. The smallest absolute Gasteiger partial charge is 0.144 e. The maximum Gasteiger partial charge on any atom is 0.144 e. The van der Waals surface area contributed by atoms with Crippen molar-refractivity contribution in [1.82, 2.24) is 0 Å². The predicted octanol–water partition coefficient (Wildman–Crippen LogP) is 3.13. The molecule has 1 fully saturated rings. The number of nitrogens with one attached hydrogen (secondary N) is 1. The van der Waals surface area contributed by atoms with E-state index < -0.39 is 0 Å². The van der Waals surface area contributed by atoms with Crippen LogP contribution in [0.1, 0.15) is 26.7 Å². The van der Waals surface area contributed by atoms with Crippen LogP contribution in [0.25, 0.3) is 0 Å². The normalized spacial score (nSPS) is 16.6. The van der Waals surface area contributed by atoms with Crippen LogP contribution in [0.15, 0.2) is 18.2 Å². The Balaban J connectivity index is 1.93. The molecule has 0 amide bonds. The molecule has 1 atom stereocenters. The van der Waals surface area contributed by atoms with Crippen molar-refractivity contribution in [2.45, 2.75) is 26.7 Å². The van der Waals surface area contributed by atoms with Gasteiger partial charge in [-0.2, -0.15) is 0 Å². The molecule has 1 saturated carbocycles. The van der Waals surface area contributed by atoms with E-state index in [0.717, 1.165) is 29.8 Å². The summed E-state index contributed by atoms with van der Waals surface area (Å²) < 4.78 is 5.48. The summed E-state index contributed by atoms with van der Waals surface area (Å²) >= 11 is 0. The van der Waals surface area contributed by atoms with Crippen molar-refractivity contribution in [3.8, 4) is 5.75 Å². The van der Waals surface area contributed by atoms with Gasteiger partial charge in [0.05, 0.1) is 12.3 Å². The van der Waals surface area contributed by atoms with Gasteiger partial charge in [0.1, 0.15) is 5.75 Å². The zero-order valence-electron chi connectivity index (χ0n) is 10.7. The quantitative estimate of drug-likeness (QED) is 0.743. The molecule has 1 aliphatic carbocycles. The van der Waals surface area contributed by atoms with Gasteiger partial charge in [-0.3, -0.25) is 0 Å². The van der Waals surface area contributed by atoms with Gasteiger partial charge in [-0.05, 0) is 43.7 Å². The highest BCUT2D eigenvalue weighted by Crippen LogP contribution is 2.36. The van der Waals surface area contributed by atoms with Crippen LogP contribution in [0.5, 0.6) is 5.75 Å². The van der Waals surface area contributed by atoms with Crippen LogP contribution in [0.4, 0.5) is 11.4 Å². The summed E-state index contributed by atoms with van der Waals surface area (Å²) in [7, 11) is 0. The molecule has 94 valence electrons. The van der Waals surface area contributed by atoms with Crippen LogP contribution in [0.2, 0.25) is 0 Å². The Labute approximate surface area is 103 Å². The Morgan fingerprint density at radius 3 is 2.88 bits per heavy atom. The lowest BCUT2D eigenvalue weighted by Gasteiger charge is -2.14. The molecule has 3 heteroatoms. The molecular formula is C14H22N2O. The molecule has 1 aromatic rings. The maximum atomic E-state index is 5.84. The Hall–Kier alpha value is -1.38. The molecule has 17 heavy (non-hydrogen) atoms. The third kappa shape index (κ3) is 3.29. The molecule has 2 rings (SSSR count). The number of ether oxygens (including phenoxy) is 1. The van der Waals surface area contributed by atoms with Gasteiger partial charge in [0.2, 0.25) is 0 Å². The van der Waals surface area contributed by atoms with Crippen molar-refractivity contribution in [2.75, 3.05) is 24.2 Å². The van der Waals surface area contributed by atoms with Crippen molar-refractivity contribution < 1.29 is 4.74 Å². The van der Waals surface area contributed by atoms with Gasteiger partial charge in [0.25, 0.3) is 0 Å². The summed E-state index contributed by atoms with van der Waals surface area (Å²) in [6.45, 7) is 5.95. The van der Waals surface area contributed by atoms with Crippen molar-refractivity contribution in [3.63, 3.8) is 0 Å². The van der Waals surface area contributed by atoms with Crippen molar-refractivity contribution in [1.29, 1.82) is 0 Å². The molecule has 0 saturated heterocycles. The second-order valence-electron chi connectivity index (χ2n) is 4.88. The lowest BCUT2D eigenvalue weighted by atomic mass is 10.1. The SMILES string of the molecule is CCOc1cc(NCC(C)C2CC2)ccc1N. The standard InChI is InChI=1S/C14H22N2O/c1-3-17-14-8-12(6-7-13(14)15)16-9-10(2)11-4-5-11/h6-8,10-11,16H,3-5,9,15H2,1-2H3. The van der Waals surface area contributed by atoms with E-state index in [2.05, 4.69) is 12.2 Å². The Kier molecular flexibility index (Phi) is 3.77. The molecule has 0 aliphatic heterocycles. The zero-order chi connectivity index (χ0) is 12.3. The number of benzene rings is 1. The second-order valence-corrected chi connectivity index (χ2v) is 4.88. The summed E-state index contributed by atoms with van der Waals surface area (Å²) in [6.07, 6.45) is 2.80. The van der Waals surface area contributed by atoms with E-state index >= 15 is 0 Å². The van der Waals surface area contributed by atoms with E-state index in [0.29, 0.717) is 12.3 Å². The lowest BCUT2D eigenvalue weighted by molar-refractivity contribution is 0.342. The van der Waals surface area contributed by atoms with Gasteiger partial charge in [0, 0.05) is 18.3 Å². The minimum Gasteiger partial charge on any atom is -0.492 e. The largest absolute Gasteiger partial charge is 0.492 e. The Bertz CT molecular complexity index is 374. The number of hydrogen-bond donors (Lipinski definition) is 2. The molecule has 0 radical (unpaired) electrons. The summed E-state index contributed by atoms with van der Waals surface area (Å²) in [5.41, 5.74) is 7.63. The van der Waals surface area contributed by atoms with E-state index in [1.54, 1.807) is 0 Å². The first-order chi connectivity index (χ1) is 8.20. The fraction of sp³-hybridized carbons (Fsp3) is 0.571. The van der Waals surface area contributed by atoms with E-state index in [-0.39, 0.29) is 0 Å². The lowest BCUT2D eigenvalue weighted by Crippen LogP contribution is -2.13. The van der Waals surface area contributed by atoms with E-state index in [9.17, 15) is 0 Å². The monoisotopic (exact) mass is 234 g/mol. The van der Waals surface area contributed by atoms with E-state index in [1.807, 2.05) is 25.1 Å². The highest BCUT2D eigenvalue weighted by Gasteiger charge is 2.27. The minimum atomic E-state index is 0.645. The van der Waals surface area contributed by atoms with Crippen molar-refractivity contribution in [2.24, 2.45) is 11.8 Å². The van der Waals surface area contributed by atoms with Crippen LogP contribution in [0.3, 0.4) is 0 Å². The van der Waals surface area contributed by atoms with Gasteiger partial charge in [-0.25, -0.2) is 0 Å². The molecule has 1 aliphatic rings. The maximum absolute atomic E-state index is 5.84. The van der Waals surface area contributed by atoms with Gasteiger partial charge >= 0.3 is 0 Å². The molecule has 3 nitrogen and oxygen atoms in total. The minimum absolute atomic E-state index is 0.645. The first-order valence-corrected chi connectivity index (χ1v) is 6.47. The molecule has 0 spiro atoms. The topological polar surface area (TPSA) is 47.3 Å². The fourth-order valence-electron chi connectivity index (χ4n) is 2.04. The van der Waals surface area contributed by atoms with E-state index in [1.165, 1.54) is 12.8 Å². The highest BCUT2D eigenvalue weighted by molar-refractivity contribution is 5.61. The first-order valence-electron chi connectivity index (χ1n) is 6.47. The van der Waals surface area contributed by atoms with Gasteiger partial charge in [0.15, 0.2) is 0 Å². The van der Waals surface area contributed by atoms with Crippen LogP contribution >= 0.6 is 0 Å². The fourth-order valence-corrected chi connectivity index (χ4v) is 2.04. The number of anilines is 2. The van der Waals surface area contributed by atoms with Gasteiger partial charge in [-0.1, -0.05) is 6.92 Å². The summed E-state index contributed by atoms with van der Waals surface area (Å²) in [6, 6.07) is 5.89. The van der Waals surface area contributed by atoms with Crippen LogP contribution in [-0.2, 0) is 0 Å². The molecule has 3 N–H and O–H groups in total. The molecule has 0 heterocycles. The molecule has 1 unspecified atom stereocenters. The average Bonchev–Trinajstić information content (AvgIpc) is 3.14. The number of nitrogens with two attached hydrogens (primary N) is 1. The molecule has 0 bridgehead atoms. The molecule has 0 aromatic heterocycles. The van der Waals surface area contributed by atoms with E-state index in [4.69, 9.17) is 10.5 Å². The predicted molar refractivity (Wildman–Crippen MR) is 72.4 cm³/mol. The third-order valence-electron chi connectivity index (χ3n) is 3.37. The number of hydrogen-bond acceptors (Lipinski definition) is 3. The summed E-state index contributed by atoms with van der Waals surface area (Å²) in [4.78, 5) is 0. The van der Waals surface area contributed by atoms with Crippen LogP contribution in [0, 0.1) is 11.8 Å². The number of rotatable bonds is 6. The highest BCUT2D eigenvalue weighted by atomic mass is 16.5. The number of nitrogen functional groups attached to an aromatic ring is 1. The van der Waals surface area contributed by atoms with Crippen LogP contribution in [-0.4, -0.2) is 13.2 Å². The first kappa shape index (κ1) is 12.1. The van der Waals surface area contributed by atoms with Gasteiger partial charge < -0.3 is 15.8 Å². The Morgan fingerprint density at radius 2 is 2.24 bits per heavy atom. The van der Waals surface area contributed by atoms with Crippen molar-refractivity contribution in [3.05, 3.63) is 18.2 Å². The van der Waals surface area contributed by atoms with Crippen LogP contribution < -0.4 is 15.8 Å². The molecular weight excluding hydrogens is 212 g/mol. The van der Waals surface area contributed by atoms with Crippen molar-refractivity contribution >= 4 is 11.4 Å². The molecule has 1 aromatic carbocycles.